The molecule has 0 rings (SSSR count). The second kappa shape index (κ2) is 4.64. The van der Waals surface area contributed by atoms with Crippen molar-refractivity contribution in [3.8, 4) is 0 Å². The molecule has 1 N–H and O–H groups in total. The van der Waals surface area contributed by atoms with Crippen molar-refractivity contribution in [1.82, 2.24) is 5.32 Å². The van der Waals surface area contributed by atoms with Crippen LogP contribution < -0.4 is 5.32 Å². The second-order valence-electron chi connectivity index (χ2n) is 4.82. The summed E-state index contributed by atoms with van der Waals surface area (Å²) in [5.41, 5.74) is -0.821. The van der Waals surface area contributed by atoms with E-state index in [9.17, 15) is 4.79 Å². The molecule has 0 aliphatic heterocycles. The van der Waals surface area contributed by atoms with Crippen molar-refractivity contribution in [3.63, 3.8) is 0 Å². The zero-order chi connectivity index (χ0) is 11.4. The highest BCUT2D eigenvalue weighted by molar-refractivity contribution is 5.67. The zero-order valence-electron chi connectivity index (χ0n) is 9.93. The molecule has 0 aromatic heterocycles. The van der Waals surface area contributed by atoms with Crippen LogP contribution in [0.15, 0.2) is 0 Å². The molecule has 4 nitrogen and oxygen atoms in total. The van der Waals surface area contributed by atoms with Gasteiger partial charge in [-0.05, 0) is 34.6 Å². The van der Waals surface area contributed by atoms with Crippen molar-refractivity contribution in [3.05, 3.63) is 0 Å². The molecule has 0 fully saturated rings. The van der Waals surface area contributed by atoms with Gasteiger partial charge in [-0.15, -0.1) is 0 Å². The maximum Gasteiger partial charge on any atom is 0.407 e. The van der Waals surface area contributed by atoms with Crippen molar-refractivity contribution in [1.29, 1.82) is 0 Å². The fraction of sp³-hybridized carbons (Fsp3) is 0.900. The lowest BCUT2D eigenvalue weighted by Gasteiger charge is -2.25. The van der Waals surface area contributed by atoms with Crippen LogP contribution in [-0.2, 0) is 9.47 Å². The Morgan fingerprint density at radius 1 is 1.21 bits per heavy atom. The summed E-state index contributed by atoms with van der Waals surface area (Å²) in [6.07, 6.45) is -0.414. The third-order valence-electron chi connectivity index (χ3n) is 1.61. The first kappa shape index (κ1) is 13.2. The van der Waals surface area contributed by atoms with Crippen LogP contribution in [0.1, 0.15) is 34.6 Å². The maximum absolute atomic E-state index is 11.2. The van der Waals surface area contributed by atoms with E-state index in [2.05, 4.69) is 5.32 Å². The zero-order valence-corrected chi connectivity index (χ0v) is 9.93. The molecule has 0 spiro atoms. The molecule has 84 valence electrons. The number of methoxy groups -OCH3 is 1. The largest absolute Gasteiger partial charge is 0.444 e. The van der Waals surface area contributed by atoms with Gasteiger partial charge >= 0.3 is 6.09 Å². The van der Waals surface area contributed by atoms with Gasteiger partial charge in [0.05, 0.1) is 5.60 Å². The molecular formula is C10H21NO3. The Morgan fingerprint density at radius 2 is 1.71 bits per heavy atom. The topological polar surface area (TPSA) is 47.6 Å². The first-order valence-electron chi connectivity index (χ1n) is 4.68. The van der Waals surface area contributed by atoms with Crippen LogP contribution >= 0.6 is 0 Å². The van der Waals surface area contributed by atoms with Crippen LogP contribution in [0.3, 0.4) is 0 Å². The fourth-order valence-corrected chi connectivity index (χ4v) is 0.671. The standard InChI is InChI=1S/C10H21NO3/c1-9(2,3)14-8(12)11-7-10(4,5)13-6/h7H2,1-6H3,(H,11,12). The SMILES string of the molecule is COC(C)(C)CNC(=O)OC(C)(C)C. The number of hydrogen-bond donors (Lipinski definition) is 1. The lowest BCUT2D eigenvalue weighted by molar-refractivity contribution is 0.0138. The molecule has 0 heterocycles. The summed E-state index contributed by atoms with van der Waals surface area (Å²) < 4.78 is 10.2. The van der Waals surface area contributed by atoms with Crippen LogP contribution in [0, 0.1) is 0 Å². The van der Waals surface area contributed by atoms with Gasteiger partial charge in [0.2, 0.25) is 0 Å². The van der Waals surface area contributed by atoms with Crippen molar-refractivity contribution >= 4 is 6.09 Å². The van der Waals surface area contributed by atoms with Crippen LogP contribution in [-0.4, -0.2) is 30.9 Å². The van der Waals surface area contributed by atoms with Gasteiger partial charge < -0.3 is 14.8 Å². The first-order chi connectivity index (χ1) is 6.16. The number of nitrogens with one attached hydrogen (secondary N) is 1. The Hall–Kier alpha value is -0.770. The number of alkyl carbamates (subject to hydrolysis) is 1. The molecule has 0 unspecified atom stereocenters. The Bertz CT molecular complexity index is 194. The van der Waals surface area contributed by atoms with Gasteiger partial charge in [-0.2, -0.15) is 0 Å². The van der Waals surface area contributed by atoms with Gasteiger partial charge in [0.25, 0.3) is 0 Å². The van der Waals surface area contributed by atoms with Crippen molar-refractivity contribution < 1.29 is 14.3 Å². The van der Waals surface area contributed by atoms with Crippen LogP contribution in [0.2, 0.25) is 0 Å². The average molecular weight is 203 g/mol. The molecule has 0 aromatic carbocycles. The predicted octanol–water partition coefficient (Wildman–Crippen LogP) is 1.94. The molecule has 0 saturated carbocycles. The summed E-state index contributed by atoms with van der Waals surface area (Å²) in [6.45, 7) is 9.70. The quantitative estimate of drug-likeness (QED) is 0.762. The average Bonchev–Trinajstić information content (AvgIpc) is 1.98. The molecule has 0 bridgehead atoms. The molecule has 0 aromatic rings. The van der Waals surface area contributed by atoms with Crippen molar-refractivity contribution in [2.75, 3.05) is 13.7 Å². The highest BCUT2D eigenvalue weighted by Crippen LogP contribution is 2.08. The van der Waals surface area contributed by atoms with Crippen molar-refractivity contribution in [2.24, 2.45) is 0 Å². The molecule has 0 aliphatic rings. The van der Waals surface area contributed by atoms with E-state index >= 15 is 0 Å². The van der Waals surface area contributed by atoms with Crippen LogP contribution in [0.25, 0.3) is 0 Å². The summed E-state index contributed by atoms with van der Waals surface area (Å²) in [5.74, 6) is 0. The van der Waals surface area contributed by atoms with Gasteiger partial charge in [0.1, 0.15) is 5.60 Å². The third-order valence-corrected chi connectivity index (χ3v) is 1.61. The Morgan fingerprint density at radius 3 is 2.07 bits per heavy atom. The molecule has 1 amide bonds. The molecular weight excluding hydrogens is 182 g/mol. The summed E-state index contributed by atoms with van der Waals surface area (Å²) in [4.78, 5) is 11.2. The number of amides is 1. The number of carbonyl (C=O) groups excluding carboxylic acids is 1. The van der Waals surface area contributed by atoms with Crippen LogP contribution in [0.4, 0.5) is 4.79 Å². The number of ether oxygens (including phenoxy) is 2. The van der Waals surface area contributed by atoms with Gasteiger partial charge in [0.15, 0.2) is 0 Å². The molecule has 0 saturated heterocycles. The van der Waals surface area contributed by atoms with Gasteiger partial charge in [-0.3, -0.25) is 0 Å². The number of carbonyl (C=O) groups is 1. The van der Waals surface area contributed by atoms with E-state index in [1.165, 1.54) is 0 Å². The van der Waals surface area contributed by atoms with Crippen molar-refractivity contribution in [2.45, 2.75) is 45.8 Å². The minimum absolute atomic E-state index is 0.364. The van der Waals surface area contributed by atoms with E-state index in [0.717, 1.165) is 0 Å². The van der Waals surface area contributed by atoms with Crippen LogP contribution in [0.5, 0.6) is 0 Å². The molecule has 4 heteroatoms. The van der Waals surface area contributed by atoms with E-state index < -0.39 is 11.7 Å². The maximum atomic E-state index is 11.2. The minimum atomic E-state index is -0.457. The summed E-state index contributed by atoms with van der Waals surface area (Å²) >= 11 is 0. The van der Waals surface area contributed by atoms with Gasteiger partial charge in [0, 0.05) is 13.7 Å². The second-order valence-corrected chi connectivity index (χ2v) is 4.82. The lowest BCUT2D eigenvalue weighted by Crippen LogP contribution is -2.42. The minimum Gasteiger partial charge on any atom is -0.444 e. The lowest BCUT2D eigenvalue weighted by atomic mass is 10.1. The molecule has 0 radical (unpaired) electrons. The first-order valence-corrected chi connectivity index (χ1v) is 4.68. The summed E-state index contributed by atoms with van der Waals surface area (Å²) in [5, 5.41) is 2.64. The normalized spacial score (nSPS) is 12.4. The third kappa shape index (κ3) is 6.71. The molecule has 14 heavy (non-hydrogen) atoms. The van der Waals surface area contributed by atoms with E-state index in [0.29, 0.717) is 6.54 Å². The Balaban J connectivity index is 3.87. The van der Waals surface area contributed by atoms with Gasteiger partial charge in [-0.25, -0.2) is 4.79 Å². The summed E-state index contributed by atoms with van der Waals surface area (Å²) in [7, 11) is 1.61. The number of hydrogen-bond acceptors (Lipinski definition) is 3. The Kier molecular flexibility index (Phi) is 4.39. The van der Waals surface area contributed by atoms with Gasteiger partial charge in [-0.1, -0.05) is 0 Å². The highest BCUT2D eigenvalue weighted by Gasteiger charge is 2.20. The monoisotopic (exact) mass is 203 g/mol. The predicted molar refractivity (Wildman–Crippen MR) is 55.3 cm³/mol. The molecule has 0 atom stereocenters. The van der Waals surface area contributed by atoms with E-state index in [-0.39, 0.29) is 5.60 Å². The van der Waals surface area contributed by atoms with E-state index in [1.54, 1.807) is 7.11 Å². The number of rotatable bonds is 3. The smallest absolute Gasteiger partial charge is 0.407 e. The fourth-order valence-electron chi connectivity index (χ4n) is 0.671. The van der Waals surface area contributed by atoms with E-state index in [4.69, 9.17) is 9.47 Å². The summed E-state index contributed by atoms with van der Waals surface area (Å²) in [6, 6.07) is 0. The highest BCUT2D eigenvalue weighted by atomic mass is 16.6. The Labute approximate surface area is 86.0 Å². The van der Waals surface area contributed by atoms with E-state index in [1.807, 2.05) is 34.6 Å². The molecule has 0 aliphatic carbocycles.